The molecule has 1 fully saturated rings. The fourth-order valence-corrected chi connectivity index (χ4v) is 2.52. The maximum absolute atomic E-state index is 11.7. The highest BCUT2D eigenvalue weighted by Crippen LogP contribution is 2.27. The smallest absolute Gasteiger partial charge is 0.277 e. The van der Waals surface area contributed by atoms with Crippen LogP contribution in [0.15, 0.2) is 38.9 Å². The van der Waals surface area contributed by atoms with Gasteiger partial charge in [0.2, 0.25) is 5.91 Å². The minimum atomic E-state index is -0.427. The summed E-state index contributed by atoms with van der Waals surface area (Å²) in [5.41, 5.74) is 0.612. The molecule has 22 heavy (non-hydrogen) atoms. The number of nitrogens with one attached hydrogen (secondary N) is 2. The molecule has 3 rings (SSSR count). The second-order valence-corrected chi connectivity index (χ2v) is 5.61. The molecule has 116 valence electrons. The van der Waals surface area contributed by atoms with E-state index in [1.807, 2.05) is 0 Å². The molecule has 1 atom stereocenters. The zero-order valence-corrected chi connectivity index (χ0v) is 12.3. The first-order valence-corrected chi connectivity index (χ1v) is 7.68. The monoisotopic (exact) mass is 301 g/mol. The molecule has 0 saturated heterocycles. The summed E-state index contributed by atoms with van der Waals surface area (Å²) in [6.07, 6.45) is 9.12. The molecule has 0 aromatic carbocycles. The Morgan fingerprint density at radius 2 is 2.14 bits per heavy atom. The Bertz CT molecular complexity index is 587. The summed E-state index contributed by atoms with van der Waals surface area (Å²) >= 11 is 0. The molecule has 0 aromatic rings. The molecule has 1 aliphatic carbocycles. The van der Waals surface area contributed by atoms with Crippen molar-refractivity contribution in [3.63, 3.8) is 0 Å². The molecule has 3 aliphatic rings. The van der Waals surface area contributed by atoms with Gasteiger partial charge in [0.1, 0.15) is 11.6 Å². The molecule has 0 aromatic heterocycles. The third-order valence-corrected chi connectivity index (χ3v) is 4.08. The number of allylic oxidation sites excluding steroid dienone is 1. The van der Waals surface area contributed by atoms with Crippen LogP contribution in [0.3, 0.4) is 0 Å². The summed E-state index contributed by atoms with van der Waals surface area (Å²) < 4.78 is 0. The first-order valence-electron chi connectivity index (χ1n) is 7.68. The van der Waals surface area contributed by atoms with Crippen molar-refractivity contribution in [2.24, 2.45) is 27.1 Å². The van der Waals surface area contributed by atoms with Gasteiger partial charge >= 0.3 is 0 Å². The average Bonchev–Trinajstić information content (AvgIpc) is 2.47. The Balaban J connectivity index is 1.44. The Morgan fingerprint density at radius 1 is 1.27 bits per heavy atom. The fourth-order valence-electron chi connectivity index (χ4n) is 2.52. The highest BCUT2D eigenvalue weighted by molar-refractivity contribution is 5.88. The molecule has 1 unspecified atom stereocenters. The van der Waals surface area contributed by atoms with Gasteiger partial charge in [-0.1, -0.05) is 12.5 Å². The van der Waals surface area contributed by atoms with E-state index < -0.39 is 5.92 Å². The Labute approximate surface area is 128 Å². The molecule has 2 amide bonds. The third kappa shape index (κ3) is 3.13. The number of hydrogen-bond donors (Lipinski definition) is 2. The first kappa shape index (κ1) is 14.6. The van der Waals surface area contributed by atoms with Crippen molar-refractivity contribution in [3.8, 4) is 0 Å². The first-order chi connectivity index (χ1) is 10.8. The second-order valence-electron chi connectivity index (χ2n) is 5.61. The fraction of sp³-hybridized carbons (Fsp3) is 0.533. The lowest BCUT2D eigenvalue weighted by atomic mass is 9.85. The van der Waals surface area contributed by atoms with Crippen LogP contribution in [-0.2, 0) is 9.59 Å². The summed E-state index contributed by atoms with van der Waals surface area (Å²) in [5, 5.41) is 13.6. The van der Waals surface area contributed by atoms with Crippen LogP contribution in [0.1, 0.15) is 25.7 Å². The van der Waals surface area contributed by atoms with Crippen molar-refractivity contribution < 1.29 is 9.59 Å². The van der Waals surface area contributed by atoms with E-state index in [1.54, 1.807) is 18.4 Å². The number of fused-ring (bicyclic) bond motifs is 1. The van der Waals surface area contributed by atoms with E-state index in [9.17, 15) is 9.59 Å². The second kappa shape index (κ2) is 6.64. The van der Waals surface area contributed by atoms with Crippen molar-refractivity contribution in [1.82, 2.24) is 10.6 Å². The van der Waals surface area contributed by atoms with E-state index in [0.29, 0.717) is 24.6 Å². The van der Waals surface area contributed by atoms with Crippen LogP contribution >= 0.6 is 0 Å². The van der Waals surface area contributed by atoms with Crippen molar-refractivity contribution in [3.05, 3.63) is 23.7 Å². The Hall–Kier alpha value is -2.31. The predicted octanol–water partition coefficient (Wildman–Crippen LogP) is 1.30. The SMILES string of the molecule is O=C(NCCCNC1=C2N=CC=CC2C(=O)N=N1)C1CCC1. The number of hydrogen-bond acceptors (Lipinski definition) is 5. The highest BCUT2D eigenvalue weighted by atomic mass is 16.2. The van der Waals surface area contributed by atoms with Crippen LogP contribution in [0.2, 0.25) is 0 Å². The summed E-state index contributed by atoms with van der Waals surface area (Å²) in [5.74, 6) is 0.207. The van der Waals surface area contributed by atoms with Crippen molar-refractivity contribution in [2.45, 2.75) is 25.7 Å². The lowest BCUT2D eigenvalue weighted by Crippen LogP contribution is -2.35. The van der Waals surface area contributed by atoms with Gasteiger partial charge in [0.15, 0.2) is 5.82 Å². The number of carbonyl (C=O) groups is 2. The highest BCUT2D eigenvalue weighted by Gasteiger charge is 2.28. The number of amides is 2. The standard InChI is InChI=1S/C15H19N5O2/c21-14(10-4-1-5-10)18-9-3-8-17-13-12-11(6-2-7-16-12)15(22)20-19-13/h2,6-7,10-11,17H,1,3-5,8-9H2,(H,18,21). The molecule has 2 aliphatic heterocycles. The van der Waals surface area contributed by atoms with E-state index in [-0.39, 0.29) is 17.7 Å². The van der Waals surface area contributed by atoms with Gasteiger partial charge in [-0.25, -0.2) is 0 Å². The van der Waals surface area contributed by atoms with Gasteiger partial charge in [0, 0.05) is 25.2 Å². The van der Waals surface area contributed by atoms with Crippen molar-refractivity contribution in [1.29, 1.82) is 0 Å². The number of aliphatic imine (C=N–C) groups is 1. The molecule has 0 spiro atoms. The Kier molecular flexibility index (Phi) is 4.41. The zero-order valence-electron chi connectivity index (χ0n) is 12.3. The summed E-state index contributed by atoms with van der Waals surface area (Å²) in [4.78, 5) is 27.5. The van der Waals surface area contributed by atoms with Crippen molar-refractivity contribution in [2.75, 3.05) is 13.1 Å². The minimum absolute atomic E-state index is 0.165. The lowest BCUT2D eigenvalue weighted by Gasteiger charge is -2.24. The summed E-state index contributed by atoms with van der Waals surface area (Å²) in [7, 11) is 0. The van der Waals surface area contributed by atoms with E-state index >= 15 is 0 Å². The topological polar surface area (TPSA) is 95.3 Å². The number of rotatable bonds is 6. The largest absolute Gasteiger partial charge is 0.367 e. The van der Waals surface area contributed by atoms with Gasteiger partial charge in [0.05, 0.1) is 0 Å². The normalized spacial score (nSPS) is 23.3. The molecule has 2 heterocycles. The van der Waals surface area contributed by atoms with Gasteiger partial charge < -0.3 is 10.6 Å². The van der Waals surface area contributed by atoms with Crippen LogP contribution < -0.4 is 10.6 Å². The molecule has 0 radical (unpaired) electrons. The number of nitrogens with zero attached hydrogens (tertiary/aromatic N) is 3. The van der Waals surface area contributed by atoms with E-state index in [1.165, 1.54) is 0 Å². The minimum Gasteiger partial charge on any atom is -0.367 e. The van der Waals surface area contributed by atoms with Gasteiger partial charge in [-0.05, 0) is 25.3 Å². The maximum atomic E-state index is 11.7. The molecule has 1 saturated carbocycles. The number of dihydropyridines is 1. The molecule has 7 heteroatoms. The molecule has 0 bridgehead atoms. The van der Waals surface area contributed by atoms with Gasteiger partial charge in [-0.2, -0.15) is 0 Å². The molecule has 2 N–H and O–H groups in total. The number of carbonyl (C=O) groups excluding carboxylic acids is 2. The van der Waals surface area contributed by atoms with Crippen LogP contribution in [0.25, 0.3) is 0 Å². The lowest BCUT2D eigenvalue weighted by molar-refractivity contribution is -0.127. The Morgan fingerprint density at radius 3 is 2.91 bits per heavy atom. The molecular weight excluding hydrogens is 282 g/mol. The van der Waals surface area contributed by atoms with Gasteiger partial charge in [-0.3, -0.25) is 14.6 Å². The van der Waals surface area contributed by atoms with Crippen LogP contribution in [0.5, 0.6) is 0 Å². The maximum Gasteiger partial charge on any atom is 0.277 e. The zero-order chi connectivity index (χ0) is 15.4. The average molecular weight is 301 g/mol. The quantitative estimate of drug-likeness (QED) is 0.724. The van der Waals surface area contributed by atoms with Gasteiger partial charge in [0.25, 0.3) is 5.91 Å². The molecule has 7 nitrogen and oxygen atoms in total. The van der Waals surface area contributed by atoms with Crippen LogP contribution in [0, 0.1) is 11.8 Å². The summed E-state index contributed by atoms with van der Waals surface area (Å²) in [6.45, 7) is 1.27. The molecular formula is C15H19N5O2. The number of azo groups is 1. The van der Waals surface area contributed by atoms with E-state index in [2.05, 4.69) is 25.9 Å². The van der Waals surface area contributed by atoms with E-state index in [4.69, 9.17) is 0 Å². The van der Waals surface area contributed by atoms with Crippen LogP contribution in [-0.4, -0.2) is 31.1 Å². The van der Waals surface area contributed by atoms with E-state index in [0.717, 1.165) is 25.7 Å². The van der Waals surface area contributed by atoms with Gasteiger partial charge in [-0.15, -0.1) is 10.2 Å². The summed E-state index contributed by atoms with van der Waals surface area (Å²) in [6, 6.07) is 0. The third-order valence-electron chi connectivity index (χ3n) is 4.08. The van der Waals surface area contributed by atoms with Crippen LogP contribution in [0.4, 0.5) is 0 Å². The predicted molar refractivity (Wildman–Crippen MR) is 81.0 cm³/mol. The van der Waals surface area contributed by atoms with Crippen molar-refractivity contribution >= 4 is 18.0 Å².